The van der Waals surface area contributed by atoms with Crippen molar-refractivity contribution in [3.8, 4) is 0 Å². The molecule has 0 aliphatic heterocycles. The van der Waals surface area contributed by atoms with Gasteiger partial charge in [-0.2, -0.15) is 0 Å². The highest BCUT2D eigenvalue weighted by Gasteiger charge is 2.17. The summed E-state index contributed by atoms with van der Waals surface area (Å²) in [5.41, 5.74) is 0. The number of ether oxygens (including phenoxy) is 1. The molecule has 0 aromatic rings. The second-order valence-electron chi connectivity index (χ2n) is 4.81. The monoisotopic (exact) mass is 288 g/mol. The minimum absolute atomic E-state index is 0.180. The summed E-state index contributed by atoms with van der Waals surface area (Å²) >= 11 is 0. The number of nitrogens with zero attached hydrogens (tertiary/aromatic N) is 1. The summed E-state index contributed by atoms with van der Waals surface area (Å²) in [6, 6.07) is -0.426. The van der Waals surface area contributed by atoms with Gasteiger partial charge in [-0.25, -0.2) is 4.79 Å². The highest BCUT2D eigenvalue weighted by atomic mass is 16.5. The fraction of sp³-hybridized carbons (Fsp3) is 0.769. The number of carbonyl (C=O) groups is 3. The van der Waals surface area contributed by atoms with Crippen molar-refractivity contribution in [2.75, 3.05) is 26.2 Å². The van der Waals surface area contributed by atoms with E-state index in [2.05, 4.69) is 5.32 Å². The molecule has 0 aromatic carbocycles. The standard InChI is InChI=1S/C13H24N2O5/c1-4-20-12(18)6-5-7-14-13(19)15(8-10(2)3)9-11(16)17/h10H,4-9H2,1-3H3,(H,14,19)(H,16,17). The first-order valence-electron chi connectivity index (χ1n) is 6.77. The van der Waals surface area contributed by atoms with Crippen LogP contribution in [0.1, 0.15) is 33.6 Å². The Kier molecular flexibility index (Phi) is 9.15. The Morgan fingerprint density at radius 1 is 1.30 bits per heavy atom. The number of amides is 2. The van der Waals surface area contributed by atoms with Crippen LogP contribution in [0.15, 0.2) is 0 Å². The number of carboxylic acids is 1. The highest BCUT2D eigenvalue weighted by molar-refractivity contribution is 5.80. The molecule has 20 heavy (non-hydrogen) atoms. The number of carbonyl (C=O) groups excluding carboxylic acids is 2. The van der Waals surface area contributed by atoms with Crippen LogP contribution in [-0.2, 0) is 14.3 Å². The van der Waals surface area contributed by atoms with Crippen LogP contribution in [0, 0.1) is 5.92 Å². The number of nitrogens with one attached hydrogen (secondary N) is 1. The van der Waals surface area contributed by atoms with E-state index in [1.165, 1.54) is 4.90 Å². The maximum absolute atomic E-state index is 11.8. The summed E-state index contributed by atoms with van der Waals surface area (Å²) in [4.78, 5) is 34.9. The smallest absolute Gasteiger partial charge is 0.323 e. The zero-order chi connectivity index (χ0) is 15.5. The minimum atomic E-state index is -1.05. The topological polar surface area (TPSA) is 95.9 Å². The summed E-state index contributed by atoms with van der Waals surface area (Å²) in [5, 5.41) is 11.4. The van der Waals surface area contributed by atoms with Gasteiger partial charge in [0, 0.05) is 19.5 Å². The molecule has 0 aromatic heterocycles. The molecule has 0 atom stereocenters. The maximum atomic E-state index is 11.8. The summed E-state index contributed by atoms with van der Waals surface area (Å²) in [5.74, 6) is -1.17. The molecule has 0 radical (unpaired) electrons. The van der Waals surface area contributed by atoms with Gasteiger partial charge < -0.3 is 20.1 Å². The van der Waals surface area contributed by atoms with Crippen molar-refractivity contribution in [3.63, 3.8) is 0 Å². The lowest BCUT2D eigenvalue weighted by Gasteiger charge is -2.23. The quantitative estimate of drug-likeness (QED) is 0.489. The van der Waals surface area contributed by atoms with E-state index in [-0.39, 0.29) is 24.9 Å². The number of hydrogen-bond donors (Lipinski definition) is 2. The van der Waals surface area contributed by atoms with Crippen LogP contribution < -0.4 is 5.32 Å². The molecule has 116 valence electrons. The van der Waals surface area contributed by atoms with Crippen molar-refractivity contribution in [3.05, 3.63) is 0 Å². The fourth-order valence-corrected chi connectivity index (χ4v) is 1.60. The summed E-state index contributed by atoms with van der Waals surface area (Å²) in [6.45, 7) is 6.23. The summed E-state index contributed by atoms with van der Waals surface area (Å²) < 4.78 is 4.76. The van der Waals surface area contributed by atoms with E-state index >= 15 is 0 Å². The normalized spacial score (nSPS) is 10.2. The van der Waals surface area contributed by atoms with Gasteiger partial charge in [-0.3, -0.25) is 9.59 Å². The Bertz CT molecular complexity index is 331. The molecule has 0 unspecified atom stereocenters. The van der Waals surface area contributed by atoms with Crippen LogP contribution >= 0.6 is 0 Å². The minimum Gasteiger partial charge on any atom is -0.480 e. The van der Waals surface area contributed by atoms with Crippen LogP contribution in [-0.4, -0.2) is 54.2 Å². The SMILES string of the molecule is CCOC(=O)CCCNC(=O)N(CC(=O)O)CC(C)C. The molecule has 0 heterocycles. The predicted molar refractivity (Wildman–Crippen MR) is 73.3 cm³/mol. The highest BCUT2D eigenvalue weighted by Crippen LogP contribution is 2.00. The van der Waals surface area contributed by atoms with Crippen LogP contribution in [0.2, 0.25) is 0 Å². The molecule has 0 aliphatic rings. The Hall–Kier alpha value is -1.79. The van der Waals surface area contributed by atoms with E-state index in [4.69, 9.17) is 9.84 Å². The van der Waals surface area contributed by atoms with Gasteiger partial charge in [0.1, 0.15) is 6.54 Å². The van der Waals surface area contributed by atoms with Gasteiger partial charge in [0.15, 0.2) is 0 Å². The Morgan fingerprint density at radius 3 is 2.45 bits per heavy atom. The third-order valence-electron chi connectivity index (χ3n) is 2.34. The zero-order valence-electron chi connectivity index (χ0n) is 12.3. The molecule has 7 heteroatoms. The van der Waals surface area contributed by atoms with Crippen molar-refractivity contribution in [2.45, 2.75) is 33.6 Å². The average molecular weight is 288 g/mol. The van der Waals surface area contributed by atoms with Gasteiger partial charge in [-0.05, 0) is 19.3 Å². The lowest BCUT2D eigenvalue weighted by atomic mass is 10.2. The fourth-order valence-electron chi connectivity index (χ4n) is 1.60. The second-order valence-corrected chi connectivity index (χ2v) is 4.81. The van der Waals surface area contributed by atoms with Gasteiger partial charge in [0.25, 0.3) is 0 Å². The average Bonchev–Trinajstić information content (AvgIpc) is 2.32. The third-order valence-corrected chi connectivity index (χ3v) is 2.34. The van der Waals surface area contributed by atoms with Crippen LogP contribution in [0.4, 0.5) is 4.79 Å². The Labute approximate surface area is 119 Å². The van der Waals surface area contributed by atoms with Crippen molar-refractivity contribution < 1.29 is 24.2 Å². The third kappa shape index (κ3) is 9.18. The van der Waals surface area contributed by atoms with Gasteiger partial charge in [0.05, 0.1) is 6.61 Å². The number of urea groups is 1. The van der Waals surface area contributed by atoms with E-state index in [0.717, 1.165) is 0 Å². The lowest BCUT2D eigenvalue weighted by molar-refractivity contribution is -0.143. The van der Waals surface area contributed by atoms with Crippen molar-refractivity contribution in [1.82, 2.24) is 10.2 Å². The molecule has 0 bridgehead atoms. The van der Waals surface area contributed by atoms with Crippen LogP contribution in [0.3, 0.4) is 0 Å². The summed E-state index contributed by atoms with van der Waals surface area (Å²) in [6.07, 6.45) is 0.699. The molecule has 0 rings (SSSR count). The van der Waals surface area contributed by atoms with Gasteiger partial charge in [-0.1, -0.05) is 13.8 Å². The van der Waals surface area contributed by atoms with Crippen molar-refractivity contribution in [1.29, 1.82) is 0 Å². The number of carboxylic acid groups (broad SMARTS) is 1. The molecule has 2 amide bonds. The Balaban J connectivity index is 4.06. The van der Waals surface area contributed by atoms with Crippen LogP contribution in [0.25, 0.3) is 0 Å². The lowest BCUT2D eigenvalue weighted by Crippen LogP contribution is -2.44. The zero-order valence-corrected chi connectivity index (χ0v) is 12.3. The first-order valence-corrected chi connectivity index (χ1v) is 6.77. The first-order chi connectivity index (χ1) is 9.36. The molecule has 0 aliphatic carbocycles. The first kappa shape index (κ1) is 18.2. The Morgan fingerprint density at radius 2 is 1.95 bits per heavy atom. The molecule has 0 saturated carbocycles. The van der Waals surface area contributed by atoms with Gasteiger partial charge in [-0.15, -0.1) is 0 Å². The number of aliphatic carboxylic acids is 1. The molecular formula is C13H24N2O5. The van der Waals surface area contributed by atoms with E-state index in [0.29, 0.717) is 26.1 Å². The van der Waals surface area contributed by atoms with Gasteiger partial charge >= 0.3 is 18.0 Å². The second kappa shape index (κ2) is 10.1. The molecule has 0 spiro atoms. The number of hydrogen-bond acceptors (Lipinski definition) is 4. The van der Waals surface area contributed by atoms with Crippen molar-refractivity contribution in [2.24, 2.45) is 5.92 Å². The maximum Gasteiger partial charge on any atom is 0.323 e. The molecule has 0 saturated heterocycles. The number of esters is 1. The van der Waals surface area contributed by atoms with E-state index in [9.17, 15) is 14.4 Å². The van der Waals surface area contributed by atoms with E-state index in [1.54, 1.807) is 6.92 Å². The largest absolute Gasteiger partial charge is 0.480 e. The van der Waals surface area contributed by atoms with E-state index in [1.807, 2.05) is 13.8 Å². The van der Waals surface area contributed by atoms with Crippen molar-refractivity contribution >= 4 is 18.0 Å². The predicted octanol–water partition coefficient (Wildman–Crippen LogP) is 1.08. The van der Waals surface area contributed by atoms with E-state index < -0.39 is 12.0 Å². The molecule has 0 fully saturated rings. The molecular weight excluding hydrogens is 264 g/mol. The molecule has 2 N–H and O–H groups in total. The molecule has 7 nitrogen and oxygen atoms in total. The summed E-state index contributed by atoms with van der Waals surface area (Å²) in [7, 11) is 0. The number of rotatable bonds is 9. The van der Waals surface area contributed by atoms with Crippen LogP contribution in [0.5, 0.6) is 0 Å². The van der Waals surface area contributed by atoms with Gasteiger partial charge in [0.2, 0.25) is 0 Å².